The summed E-state index contributed by atoms with van der Waals surface area (Å²) < 4.78 is 37.4. The molecule has 0 saturated carbocycles. The second kappa shape index (κ2) is 5.00. The Hall–Kier alpha value is -2.17. The van der Waals surface area contributed by atoms with Crippen molar-refractivity contribution in [3.63, 3.8) is 0 Å². The summed E-state index contributed by atoms with van der Waals surface area (Å²) >= 11 is 0. The van der Waals surface area contributed by atoms with Gasteiger partial charge in [-0.1, -0.05) is 24.3 Å². The molecule has 0 unspecified atom stereocenters. The standard InChI is InChI=1S/C13H9F3N2/c14-13(15,16)10-5-4-8-12(9-10)18-17-11-6-2-1-3-7-11/h1-9H/b18-17+. The van der Waals surface area contributed by atoms with Gasteiger partial charge in [-0.3, -0.25) is 0 Å². The Morgan fingerprint density at radius 3 is 2.00 bits per heavy atom. The van der Waals surface area contributed by atoms with Gasteiger partial charge in [0.1, 0.15) is 0 Å². The van der Waals surface area contributed by atoms with Crippen LogP contribution in [0.1, 0.15) is 5.56 Å². The van der Waals surface area contributed by atoms with E-state index < -0.39 is 11.7 Å². The Balaban J connectivity index is 2.23. The van der Waals surface area contributed by atoms with Crippen molar-refractivity contribution in [3.8, 4) is 0 Å². The maximum Gasteiger partial charge on any atom is 0.416 e. The molecule has 2 aromatic rings. The second-order valence-corrected chi connectivity index (χ2v) is 3.58. The minimum atomic E-state index is -4.36. The molecule has 0 aliphatic heterocycles. The van der Waals surface area contributed by atoms with Crippen LogP contribution in [0.25, 0.3) is 0 Å². The van der Waals surface area contributed by atoms with E-state index in [4.69, 9.17) is 0 Å². The molecule has 0 saturated heterocycles. The zero-order valence-electron chi connectivity index (χ0n) is 9.22. The maximum atomic E-state index is 12.5. The van der Waals surface area contributed by atoms with Crippen LogP contribution in [-0.4, -0.2) is 0 Å². The van der Waals surface area contributed by atoms with Gasteiger partial charge in [0.15, 0.2) is 0 Å². The van der Waals surface area contributed by atoms with E-state index in [-0.39, 0.29) is 5.69 Å². The Kier molecular flexibility index (Phi) is 3.41. The van der Waals surface area contributed by atoms with Crippen molar-refractivity contribution < 1.29 is 13.2 Å². The molecule has 0 radical (unpaired) electrons. The fourth-order valence-corrected chi connectivity index (χ4v) is 1.35. The van der Waals surface area contributed by atoms with Crippen molar-refractivity contribution >= 4 is 11.4 Å². The highest BCUT2D eigenvalue weighted by atomic mass is 19.4. The summed E-state index contributed by atoms with van der Waals surface area (Å²) in [6, 6.07) is 13.6. The van der Waals surface area contributed by atoms with Crippen LogP contribution in [-0.2, 0) is 6.18 Å². The predicted octanol–water partition coefficient (Wildman–Crippen LogP) is 5.12. The fourth-order valence-electron chi connectivity index (χ4n) is 1.35. The van der Waals surface area contributed by atoms with Gasteiger partial charge in [0, 0.05) is 0 Å². The van der Waals surface area contributed by atoms with Crippen molar-refractivity contribution in [1.29, 1.82) is 0 Å². The molecule has 92 valence electrons. The molecule has 0 spiro atoms. The van der Waals surface area contributed by atoms with E-state index >= 15 is 0 Å². The van der Waals surface area contributed by atoms with Gasteiger partial charge in [-0.05, 0) is 30.3 Å². The van der Waals surface area contributed by atoms with Crippen LogP contribution >= 0.6 is 0 Å². The topological polar surface area (TPSA) is 24.7 Å². The molecular weight excluding hydrogens is 241 g/mol. The maximum absolute atomic E-state index is 12.5. The lowest BCUT2D eigenvalue weighted by Gasteiger charge is -2.05. The highest BCUT2D eigenvalue weighted by Gasteiger charge is 2.30. The number of halogens is 3. The van der Waals surface area contributed by atoms with Crippen molar-refractivity contribution in [2.75, 3.05) is 0 Å². The minimum absolute atomic E-state index is 0.175. The van der Waals surface area contributed by atoms with Gasteiger partial charge in [0.05, 0.1) is 16.9 Å². The molecule has 5 heteroatoms. The molecule has 2 rings (SSSR count). The molecule has 0 aliphatic carbocycles. The lowest BCUT2D eigenvalue weighted by atomic mass is 10.2. The van der Waals surface area contributed by atoms with E-state index in [0.717, 1.165) is 12.1 Å². The van der Waals surface area contributed by atoms with Crippen molar-refractivity contribution in [1.82, 2.24) is 0 Å². The number of azo groups is 1. The predicted molar refractivity (Wildman–Crippen MR) is 62.1 cm³/mol. The van der Waals surface area contributed by atoms with Crippen LogP contribution in [0.2, 0.25) is 0 Å². The largest absolute Gasteiger partial charge is 0.416 e. The molecular formula is C13H9F3N2. The van der Waals surface area contributed by atoms with E-state index in [1.165, 1.54) is 12.1 Å². The summed E-state index contributed by atoms with van der Waals surface area (Å²) in [5, 5.41) is 7.63. The number of benzene rings is 2. The van der Waals surface area contributed by atoms with Crippen LogP contribution in [0.15, 0.2) is 64.8 Å². The van der Waals surface area contributed by atoms with E-state index in [1.54, 1.807) is 24.3 Å². The quantitative estimate of drug-likeness (QED) is 0.661. The fraction of sp³-hybridized carbons (Fsp3) is 0.0769. The molecule has 0 N–H and O–H groups in total. The molecule has 0 atom stereocenters. The van der Waals surface area contributed by atoms with Crippen molar-refractivity contribution in [2.45, 2.75) is 6.18 Å². The third-order valence-corrected chi connectivity index (χ3v) is 2.21. The SMILES string of the molecule is FC(F)(F)c1cccc(/N=N/c2ccccc2)c1. The minimum Gasteiger partial charge on any atom is -0.166 e. The molecule has 2 nitrogen and oxygen atoms in total. The monoisotopic (exact) mass is 250 g/mol. The number of rotatable bonds is 2. The van der Waals surface area contributed by atoms with Gasteiger partial charge >= 0.3 is 6.18 Å². The highest BCUT2D eigenvalue weighted by Crippen LogP contribution is 2.31. The van der Waals surface area contributed by atoms with E-state index in [2.05, 4.69) is 10.2 Å². The molecule has 18 heavy (non-hydrogen) atoms. The first kappa shape index (κ1) is 12.3. The van der Waals surface area contributed by atoms with E-state index in [0.29, 0.717) is 5.69 Å². The summed E-state index contributed by atoms with van der Waals surface area (Å²) in [6.07, 6.45) is -4.36. The first-order chi connectivity index (χ1) is 8.55. The van der Waals surface area contributed by atoms with E-state index in [1.807, 2.05) is 6.07 Å². The lowest BCUT2D eigenvalue weighted by molar-refractivity contribution is -0.137. The molecule has 0 aliphatic rings. The Morgan fingerprint density at radius 1 is 0.722 bits per heavy atom. The highest BCUT2D eigenvalue weighted by molar-refractivity contribution is 5.42. The van der Waals surface area contributed by atoms with Crippen LogP contribution < -0.4 is 0 Å². The summed E-state index contributed by atoms with van der Waals surface area (Å²) in [6.45, 7) is 0. The third-order valence-electron chi connectivity index (χ3n) is 2.21. The smallest absolute Gasteiger partial charge is 0.166 e. The zero-order valence-corrected chi connectivity index (χ0v) is 9.22. The Labute approximate surface area is 102 Å². The summed E-state index contributed by atoms with van der Waals surface area (Å²) in [5.41, 5.74) is 0.0376. The second-order valence-electron chi connectivity index (χ2n) is 3.58. The zero-order chi connectivity index (χ0) is 13.0. The molecule has 0 fully saturated rings. The summed E-state index contributed by atoms with van der Waals surface area (Å²) in [4.78, 5) is 0. The van der Waals surface area contributed by atoms with Gasteiger partial charge in [0.2, 0.25) is 0 Å². The lowest BCUT2D eigenvalue weighted by Crippen LogP contribution is -2.03. The number of hydrogen-bond acceptors (Lipinski definition) is 2. The first-order valence-electron chi connectivity index (χ1n) is 5.20. The van der Waals surface area contributed by atoms with E-state index in [9.17, 15) is 13.2 Å². The molecule has 0 bridgehead atoms. The van der Waals surface area contributed by atoms with Crippen LogP contribution in [0, 0.1) is 0 Å². The van der Waals surface area contributed by atoms with Gasteiger partial charge < -0.3 is 0 Å². The average molecular weight is 250 g/mol. The summed E-state index contributed by atoms with van der Waals surface area (Å²) in [7, 11) is 0. The van der Waals surface area contributed by atoms with Crippen LogP contribution in [0.3, 0.4) is 0 Å². The average Bonchev–Trinajstić information content (AvgIpc) is 2.37. The normalized spacial score (nSPS) is 11.9. The number of alkyl halides is 3. The molecule has 0 heterocycles. The summed E-state index contributed by atoms with van der Waals surface area (Å²) in [5.74, 6) is 0. The van der Waals surface area contributed by atoms with Gasteiger partial charge in [-0.25, -0.2) is 0 Å². The van der Waals surface area contributed by atoms with Crippen molar-refractivity contribution in [2.24, 2.45) is 10.2 Å². The number of hydrogen-bond donors (Lipinski definition) is 0. The molecule has 2 aromatic carbocycles. The Morgan fingerprint density at radius 2 is 1.33 bits per heavy atom. The van der Waals surface area contributed by atoms with Gasteiger partial charge in [-0.2, -0.15) is 23.4 Å². The Bertz CT molecular complexity index is 548. The van der Waals surface area contributed by atoms with Crippen LogP contribution in [0.5, 0.6) is 0 Å². The van der Waals surface area contributed by atoms with Crippen molar-refractivity contribution in [3.05, 3.63) is 60.2 Å². The van der Waals surface area contributed by atoms with Gasteiger partial charge in [0.25, 0.3) is 0 Å². The first-order valence-corrected chi connectivity index (χ1v) is 5.20. The molecule has 0 aromatic heterocycles. The third kappa shape index (κ3) is 3.16. The van der Waals surface area contributed by atoms with Crippen LogP contribution in [0.4, 0.5) is 24.5 Å². The number of nitrogens with zero attached hydrogens (tertiary/aromatic N) is 2. The molecule has 0 amide bonds. The van der Waals surface area contributed by atoms with Gasteiger partial charge in [-0.15, -0.1) is 0 Å².